The van der Waals surface area contributed by atoms with Gasteiger partial charge in [-0.3, -0.25) is 9.59 Å². The summed E-state index contributed by atoms with van der Waals surface area (Å²) in [6.45, 7) is 4.90. The van der Waals surface area contributed by atoms with E-state index in [1.165, 1.54) is 302 Å². The highest BCUT2D eigenvalue weighted by Gasteiger charge is 2.18. The molecule has 6 nitrogen and oxygen atoms in total. The van der Waals surface area contributed by atoms with E-state index in [9.17, 15) is 19.8 Å². The number of carbonyl (C=O) groups is 2. The van der Waals surface area contributed by atoms with Crippen LogP contribution >= 0.6 is 0 Å². The molecule has 6 heteroatoms. The van der Waals surface area contributed by atoms with E-state index in [4.69, 9.17) is 4.74 Å². The first-order valence-electron chi connectivity index (χ1n) is 34.8. The van der Waals surface area contributed by atoms with Crippen LogP contribution in [0.25, 0.3) is 0 Å². The predicted octanol–water partition coefficient (Wildman–Crippen LogP) is 22.3. The zero-order valence-electron chi connectivity index (χ0n) is 52.0. The number of carbonyl (C=O) groups excluding carboxylic acids is 2. The topological polar surface area (TPSA) is 95.9 Å². The number of aliphatic hydroxyl groups is 2. The van der Waals surface area contributed by atoms with Gasteiger partial charge in [-0.1, -0.05) is 339 Å². The highest BCUT2D eigenvalue weighted by Crippen LogP contribution is 2.19. The summed E-state index contributed by atoms with van der Waals surface area (Å²) in [4.78, 5) is 24.6. The molecule has 454 valence electrons. The van der Waals surface area contributed by atoms with Gasteiger partial charge in [0.05, 0.1) is 25.4 Å². The molecule has 0 heterocycles. The Hall–Kier alpha value is -1.92. The number of nitrogens with one attached hydrogen (secondary N) is 1. The van der Waals surface area contributed by atoms with Gasteiger partial charge < -0.3 is 20.3 Å². The fourth-order valence-electron chi connectivity index (χ4n) is 10.8. The largest absolute Gasteiger partial charge is 0.466 e. The zero-order valence-corrected chi connectivity index (χ0v) is 52.0. The number of hydrogen-bond acceptors (Lipinski definition) is 5. The Bertz CT molecular complexity index is 1250. The van der Waals surface area contributed by atoms with Crippen molar-refractivity contribution in [3.63, 3.8) is 0 Å². The third-order valence-electron chi connectivity index (χ3n) is 16.2. The van der Waals surface area contributed by atoms with Gasteiger partial charge in [0.2, 0.25) is 5.91 Å². The average Bonchev–Trinajstić information content (AvgIpc) is 3.43. The second kappa shape index (κ2) is 66.6. The Kier molecular flexibility index (Phi) is 64.9. The van der Waals surface area contributed by atoms with Crippen LogP contribution in [0.15, 0.2) is 36.5 Å². The van der Waals surface area contributed by atoms with Gasteiger partial charge in [-0.25, -0.2) is 0 Å². The van der Waals surface area contributed by atoms with Crippen LogP contribution < -0.4 is 5.32 Å². The number of unbranched alkanes of at least 4 members (excludes halogenated alkanes) is 50. The third kappa shape index (κ3) is 63.1. The van der Waals surface area contributed by atoms with Crippen molar-refractivity contribution in [3.05, 3.63) is 36.5 Å². The Morgan fingerprint density at radius 3 is 1.01 bits per heavy atom. The number of hydrogen-bond donors (Lipinski definition) is 3. The van der Waals surface area contributed by atoms with Gasteiger partial charge in [0.15, 0.2) is 0 Å². The Morgan fingerprint density at radius 1 is 0.364 bits per heavy atom. The summed E-state index contributed by atoms with van der Waals surface area (Å²) in [6.07, 6.45) is 85.0. The lowest BCUT2D eigenvalue weighted by molar-refractivity contribution is -0.143. The van der Waals surface area contributed by atoms with Crippen LogP contribution in [-0.4, -0.2) is 47.4 Å². The molecule has 0 saturated carbocycles. The zero-order chi connectivity index (χ0) is 55.7. The van der Waals surface area contributed by atoms with Crippen LogP contribution in [0.2, 0.25) is 0 Å². The molecule has 0 spiro atoms. The lowest BCUT2D eigenvalue weighted by Gasteiger charge is -2.20. The summed E-state index contributed by atoms with van der Waals surface area (Å²) in [6, 6.07) is -0.628. The first kappa shape index (κ1) is 75.1. The molecule has 0 saturated heterocycles. The van der Waals surface area contributed by atoms with Crippen LogP contribution in [0.5, 0.6) is 0 Å². The summed E-state index contributed by atoms with van der Waals surface area (Å²) in [7, 11) is 0. The molecule has 0 radical (unpaired) electrons. The minimum absolute atomic E-state index is 0.00234. The minimum atomic E-state index is -0.844. The van der Waals surface area contributed by atoms with E-state index >= 15 is 0 Å². The molecule has 0 aliphatic rings. The predicted molar refractivity (Wildman–Crippen MR) is 338 cm³/mol. The Balaban J connectivity index is 3.39. The maximum atomic E-state index is 12.5. The smallest absolute Gasteiger partial charge is 0.305 e. The van der Waals surface area contributed by atoms with Gasteiger partial charge in [0.25, 0.3) is 0 Å². The minimum Gasteiger partial charge on any atom is -0.466 e. The molecule has 0 aromatic carbocycles. The molecule has 0 aliphatic heterocycles. The number of esters is 1. The number of amides is 1. The Morgan fingerprint density at radius 2 is 0.649 bits per heavy atom. The van der Waals surface area contributed by atoms with Crippen LogP contribution in [-0.2, 0) is 14.3 Å². The van der Waals surface area contributed by atoms with Crippen molar-refractivity contribution in [1.82, 2.24) is 5.32 Å². The summed E-state index contributed by atoms with van der Waals surface area (Å²) in [5, 5.41) is 23.2. The summed E-state index contributed by atoms with van der Waals surface area (Å²) >= 11 is 0. The normalized spacial score (nSPS) is 12.7. The van der Waals surface area contributed by atoms with E-state index in [-0.39, 0.29) is 18.5 Å². The van der Waals surface area contributed by atoms with Gasteiger partial charge in [0, 0.05) is 12.8 Å². The molecule has 77 heavy (non-hydrogen) atoms. The molecule has 0 fully saturated rings. The lowest BCUT2D eigenvalue weighted by atomic mass is 10.0. The fourth-order valence-corrected chi connectivity index (χ4v) is 10.8. The molecular formula is C71H135NO5. The molecule has 0 aromatic heterocycles. The number of allylic oxidation sites excluding steroid dienone is 5. The highest BCUT2D eigenvalue weighted by molar-refractivity contribution is 5.76. The van der Waals surface area contributed by atoms with Crippen molar-refractivity contribution in [2.24, 2.45) is 0 Å². The third-order valence-corrected chi connectivity index (χ3v) is 16.2. The fraction of sp³-hybridized carbons (Fsp3) is 0.887. The van der Waals surface area contributed by atoms with Crippen molar-refractivity contribution >= 4 is 11.9 Å². The first-order chi connectivity index (χ1) is 38.0. The first-order valence-corrected chi connectivity index (χ1v) is 34.8. The molecule has 0 rings (SSSR count). The highest BCUT2D eigenvalue weighted by atomic mass is 16.5. The van der Waals surface area contributed by atoms with Gasteiger partial charge in [-0.15, -0.1) is 0 Å². The molecule has 3 N–H and O–H groups in total. The summed E-state index contributed by atoms with van der Waals surface area (Å²) in [5.74, 6) is -0.0607. The van der Waals surface area contributed by atoms with E-state index in [1.807, 2.05) is 6.08 Å². The standard InChI is InChI=1S/C71H135NO5/c1-3-5-7-9-11-13-15-17-19-20-21-29-32-36-39-43-47-51-55-59-63-69(74)68(67-73)72-70(75)64-60-56-52-48-44-40-37-33-30-27-25-23-22-24-26-28-31-34-38-42-46-50-54-58-62-66-77-71(76)65-61-57-53-49-45-41-35-18-16-14-12-10-8-6-4-2/h12,14,18,35,59,63,68-69,73-74H,3-11,13,15-17,19-34,36-58,60-62,64-67H2,1-2H3,(H,72,75)/b14-12-,35-18-,63-59+. The number of ether oxygens (including phenoxy) is 1. The maximum absolute atomic E-state index is 12.5. The monoisotopic (exact) mass is 1080 g/mol. The van der Waals surface area contributed by atoms with Gasteiger partial charge in [-0.2, -0.15) is 0 Å². The van der Waals surface area contributed by atoms with Crippen molar-refractivity contribution in [3.8, 4) is 0 Å². The van der Waals surface area contributed by atoms with Crippen molar-refractivity contribution in [2.75, 3.05) is 13.2 Å². The molecule has 0 aliphatic carbocycles. The second-order valence-corrected chi connectivity index (χ2v) is 23.9. The van der Waals surface area contributed by atoms with Gasteiger partial charge in [0.1, 0.15) is 0 Å². The van der Waals surface area contributed by atoms with Gasteiger partial charge >= 0.3 is 5.97 Å². The van der Waals surface area contributed by atoms with E-state index < -0.39 is 12.1 Å². The Labute approximate surface area is 481 Å². The van der Waals surface area contributed by atoms with Crippen molar-refractivity contribution in [1.29, 1.82) is 0 Å². The van der Waals surface area contributed by atoms with E-state index in [0.29, 0.717) is 19.4 Å². The van der Waals surface area contributed by atoms with E-state index in [0.717, 1.165) is 51.4 Å². The average molecular weight is 1080 g/mol. The molecular weight excluding hydrogens is 947 g/mol. The van der Waals surface area contributed by atoms with Gasteiger partial charge in [-0.05, 0) is 64.2 Å². The van der Waals surface area contributed by atoms with Crippen molar-refractivity contribution in [2.45, 2.75) is 392 Å². The van der Waals surface area contributed by atoms with Crippen LogP contribution in [0, 0.1) is 0 Å². The van der Waals surface area contributed by atoms with Crippen LogP contribution in [0.1, 0.15) is 380 Å². The summed E-state index contributed by atoms with van der Waals surface area (Å²) in [5.41, 5.74) is 0. The SMILES string of the molecule is CCCCC/C=C\C/C=C\CCCCCCCC(=O)OCCCCCCCCCCCCCCCCCCCCCCCCCCCC(=O)NC(CO)C(O)/C=C/CCCCCCCCCCCCCCCCCCCC. The molecule has 2 atom stereocenters. The maximum Gasteiger partial charge on any atom is 0.305 e. The molecule has 0 aromatic rings. The number of aliphatic hydroxyl groups excluding tert-OH is 2. The molecule has 0 bridgehead atoms. The lowest BCUT2D eigenvalue weighted by Crippen LogP contribution is -2.45. The van der Waals surface area contributed by atoms with Crippen LogP contribution in [0.3, 0.4) is 0 Å². The second-order valence-electron chi connectivity index (χ2n) is 23.9. The number of rotatable bonds is 65. The van der Waals surface area contributed by atoms with Crippen molar-refractivity contribution < 1.29 is 24.5 Å². The summed E-state index contributed by atoms with van der Waals surface area (Å²) < 4.78 is 5.49. The van der Waals surface area contributed by atoms with E-state index in [2.05, 4.69) is 43.5 Å². The quantitative estimate of drug-likeness (QED) is 0.0320. The van der Waals surface area contributed by atoms with E-state index in [1.54, 1.807) is 6.08 Å². The molecule has 1 amide bonds. The van der Waals surface area contributed by atoms with Crippen LogP contribution in [0.4, 0.5) is 0 Å². The molecule has 2 unspecified atom stereocenters.